The number of aliphatic hydroxyl groups is 2. The number of hydrogen-bond donors (Lipinski definition) is 4. The molecule has 0 bridgehead atoms. The minimum Gasteiger partial charge on any atom is -0.478 e. The van der Waals surface area contributed by atoms with Crippen LogP contribution in [-0.4, -0.2) is 107 Å². The molecular formula is C20H44N2O6+2. The van der Waals surface area contributed by atoms with E-state index in [0.29, 0.717) is 25.4 Å². The summed E-state index contributed by atoms with van der Waals surface area (Å²) in [6.45, 7) is 22.3. The Kier molecular flexibility index (Phi) is 21.0. The molecule has 4 N–H and O–H groups in total. The van der Waals surface area contributed by atoms with Crippen LogP contribution in [0.3, 0.4) is 0 Å². The van der Waals surface area contributed by atoms with Crippen LogP contribution < -0.4 is 0 Å². The van der Waals surface area contributed by atoms with E-state index < -0.39 is 11.9 Å². The van der Waals surface area contributed by atoms with Gasteiger partial charge in [0.25, 0.3) is 0 Å². The largest absolute Gasteiger partial charge is 0.478 e. The van der Waals surface area contributed by atoms with Gasteiger partial charge in [0.05, 0.1) is 52.5 Å². The summed E-state index contributed by atoms with van der Waals surface area (Å²) in [4.78, 5) is 19.1. The molecule has 0 saturated heterocycles. The summed E-state index contributed by atoms with van der Waals surface area (Å²) >= 11 is 0. The molecule has 28 heavy (non-hydrogen) atoms. The zero-order chi connectivity index (χ0) is 22.6. The molecule has 0 spiro atoms. The third-order valence-electron chi connectivity index (χ3n) is 5.54. The van der Waals surface area contributed by atoms with Crippen LogP contribution in [0.4, 0.5) is 0 Å². The first-order valence-corrected chi connectivity index (χ1v) is 10.2. The maximum Gasteiger partial charge on any atom is 0.328 e. The number of hydrogen-bond acceptors (Lipinski definition) is 4. The summed E-state index contributed by atoms with van der Waals surface area (Å²) in [6, 6.07) is 0. The van der Waals surface area contributed by atoms with Gasteiger partial charge in [0.1, 0.15) is 13.1 Å². The average molecular weight is 409 g/mol. The van der Waals surface area contributed by atoms with E-state index in [0.717, 1.165) is 61.3 Å². The molecule has 0 saturated carbocycles. The first-order chi connectivity index (χ1) is 13.1. The number of likely N-dealkylation sites (N-methyl/N-ethyl adjacent to an activating group) is 2. The van der Waals surface area contributed by atoms with Gasteiger partial charge in [0.15, 0.2) is 0 Å². The summed E-state index contributed by atoms with van der Waals surface area (Å²) in [5.41, 5.74) is 0. The number of carboxylic acids is 2. The van der Waals surface area contributed by atoms with Crippen LogP contribution in [0.1, 0.15) is 41.5 Å². The molecule has 168 valence electrons. The van der Waals surface area contributed by atoms with Gasteiger partial charge in [0, 0.05) is 12.2 Å². The third kappa shape index (κ3) is 15.6. The topological polar surface area (TPSA) is 115 Å². The Balaban J connectivity index is -0.000000337. The van der Waals surface area contributed by atoms with Gasteiger partial charge in [0.2, 0.25) is 0 Å². The van der Waals surface area contributed by atoms with Gasteiger partial charge in [-0.3, -0.25) is 0 Å². The minimum atomic E-state index is -1.26. The second kappa shape index (κ2) is 18.9. The van der Waals surface area contributed by atoms with Crippen LogP contribution in [0.5, 0.6) is 0 Å². The summed E-state index contributed by atoms with van der Waals surface area (Å²) in [6.07, 6.45) is 1.12. The van der Waals surface area contributed by atoms with Crippen molar-refractivity contribution in [2.75, 3.05) is 65.6 Å². The highest BCUT2D eigenvalue weighted by molar-refractivity contribution is 5.89. The van der Waals surface area contributed by atoms with Crippen molar-refractivity contribution in [3.05, 3.63) is 12.2 Å². The Morgan fingerprint density at radius 2 is 0.821 bits per heavy atom. The van der Waals surface area contributed by atoms with E-state index >= 15 is 0 Å². The summed E-state index contributed by atoms with van der Waals surface area (Å²) in [5, 5.41) is 33.2. The molecule has 0 heterocycles. The zero-order valence-electron chi connectivity index (χ0n) is 18.7. The summed E-state index contributed by atoms with van der Waals surface area (Å²) < 4.78 is 2.10. The van der Waals surface area contributed by atoms with Crippen molar-refractivity contribution in [1.29, 1.82) is 0 Å². The van der Waals surface area contributed by atoms with E-state index in [4.69, 9.17) is 20.4 Å². The van der Waals surface area contributed by atoms with Crippen molar-refractivity contribution in [3.8, 4) is 0 Å². The van der Waals surface area contributed by atoms with Crippen LogP contribution >= 0.6 is 0 Å². The minimum absolute atomic E-state index is 0.315. The molecule has 8 nitrogen and oxygen atoms in total. The Labute approximate surface area is 170 Å². The van der Waals surface area contributed by atoms with Crippen LogP contribution in [-0.2, 0) is 9.59 Å². The van der Waals surface area contributed by atoms with Gasteiger partial charge in [-0.2, -0.15) is 0 Å². The van der Waals surface area contributed by atoms with Gasteiger partial charge in [-0.05, 0) is 41.5 Å². The molecule has 8 heteroatoms. The SMILES string of the molecule is CC[N+](CC)(CC)CCO.CC[N+](CC)(CC)CCO.O=C(O)/C=C/C(=O)O. The van der Waals surface area contributed by atoms with E-state index in [2.05, 4.69) is 41.5 Å². The Bertz CT molecular complexity index is 364. The van der Waals surface area contributed by atoms with E-state index in [1.807, 2.05) is 0 Å². The van der Waals surface area contributed by atoms with Crippen molar-refractivity contribution >= 4 is 11.9 Å². The normalized spacial score (nSPS) is 11.3. The molecule has 0 unspecified atom stereocenters. The van der Waals surface area contributed by atoms with Crippen molar-refractivity contribution < 1.29 is 39.0 Å². The first-order valence-electron chi connectivity index (χ1n) is 10.2. The number of rotatable bonds is 12. The number of aliphatic carboxylic acids is 2. The molecule has 0 aromatic carbocycles. The highest BCUT2D eigenvalue weighted by atomic mass is 16.4. The van der Waals surface area contributed by atoms with E-state index in [1.54, 1.807) is 0 Å². The van der Waals surface area contributed by atoms with E-state index in [9.17, 15) is 9.59 Å². The van der Waals surface area contributed by atoms with Crippen LogP contribution in [0, 0.1) is 0 Å². The van der Waals surface area contributed by atoms with Crippen molar-refractivity contribution in [1.82, 2.24) is 0 Å². The van der Waals surface area contributed by atoms with Gasteiger partial charge < -0.3 is 29.4 Å². The molecule has 0 amide bonds. The Hall–Kier alpha value is -1.48. The fourth-order valence-corrected chi connectivity index (χ4v) is 2.86. The fraction of sp³-hybridized carbons (Fsp3) is 0.800. The molecular weight excluding hydrogens is 364 g/mol. The number of carboxylic acid groups (broad SMARTS) is 2. The monoisotopic (exact) mass is 408 g/mol. The third-order valence-corrected chi connectivity index (χ3v) is 5.54. The molecule has 0 radical (unpaired) electrons. The molecule has 0 aliphatic rings. The molecule has 0 aromatic heterocycles. The molecule has 0 atom stereocenters. The fourth-order valence-electron chi connectivity index (χ4n) is 2.86. The molecule has 0 aliphatic heterocycles. The van der Waals surface area contributed by atoms with Gasteiger partial charge >= 0.3 is 11.9 Å². The first kappa shape index (κ1) is 31.2. The zero-order valence-corrected chi connectivity index (χ0v) is 18.7. The predicted molar refractivity (Wildman–Crippen MR) is 112 cm³/mol. The smallest absolute Gasteiger partial charge is 0.328 e. The highest BCUT2D eigenvalue weighted by Crippen LogP contribution is 2.04. The second-order valence-corrected chi connectivity index (χ2v) is 6.48. The lowest BCUT2D eigenvalue weighted by atomic mass is 10.3. The predicted octanol–water partition coefficient (Wildman–Crippen LogP) is 1.42. The lowest BCUT2D eigenvalue weighted by Crippen LogP contribution is -2.49. The average Bonchev–Trinajstić information content (AvgIpc) is 2.70. The molecule has 0 fully saturated rings. The van der Waals surface area contributed by atoms with Crippen LogP contribution in [0.2, 0.25) is 0 Å². The highest BCUT2D eigenvalue weighted by Gasteiger charge is 2.19. The maximum absolute atomic E-state index is 9.55. The molecule has 0 aromatic rings. The van der Waals surface area contributed by atoms with Crippen LogP contribution in [0.25, 0.3) is 0 Å². The Morgan fingerprint density at radius 3 is 0.893 bits per heavy atom. The number of carbonyl (C=O) groups is 2. The van der Waals surface area contributed by atoms with Crippen molar-refractivity contribution in [2.45, 2.75) is 41.5 Å². The van der Waals surface area contributed by atoms with Gasteiger partial charge in [-0.25, -0.2) is 9.59 Å². The van der Waals surface area contributed by atoms with E-state index in [1.165, 1.54) is 0 Å². The number of nitrogens with zero attached hydrogens (tertiary/aromatic N) is 2. The number of quaternary nitrogens is 2. The van der Waals surface area contributed by atoms with E-state index in [-0.39, 0.29) is 0 Å². The lowest BCUT2D eigenvalue weighted by molar-refractivity contribution is -0.923. The van der Waals surface area contributed by atoms with Crippen molar-refractivity contribution in [3.63, 3.8) is 0 Å². The maximum atomic E-state index is 9.55. The lowest BCUT2D eigenvalue weighted by Gasteiger charge is -2.34. The van der Waals surface area contributed by atoms with Gasteiger partial charge in [-0.1, -0.05) is 0 Å². The van der Waals surface area contributed by atoms with Crippen molar-refractivity contribution in [2.24, 2.45) is 0 Å². The van der Waals surface area contributed by atoms with Crippen LogP contribution in [0.15, 0.2) is 12.2 Å². The molecule has 0 rings (SSSR count). The molecule has 0 aliphatic carbocycles. The standard InChI is InChI=1S/2C8H20NO.C4H4O4/c2*1-4-9(5-2,6-3)7-8-10;5-3(6)1-2-4(7)8/h2*10H,4-8H2,1-3H3;1-2H,(H,5,6)(H,7,8)/q2*+1;/b;;2-1+. The second-order valence-electron chi connectivity index (χ2n) is 6.48. The quantitative estimate of drug-likeness (QED) is 0.287. The summed E-state index contributed by atoms with van der Waals surface area (Å²) in [7, 11) is 0. The summed E-state index contributed by atoms with van der Waals surface area (Å²) in [5.74, 6) is -2.51. The van der Waals surface area contributed by atoms with Gasteiger partial charge in [-0.15, -0.1) is 0 Å². The Morgan fingerprint density at radius 1 is 0.607 bits per heavy atom. The number of aliphatic hydroxyl groups excluding tert-OH is 2.